The normalized spacial score (nSPS) is 18.2. The van der Waals surface area contributed by atoms with Crippen LogP contribution in [0.15, 0.2) is 36.7 Å². The Labute approximate surface area is 141 Å². The highest BCUT2D eigenvalue weighted by Crippen LogP contribution is 2.26. The zero-order chi connectivity index (χ0) is 16.9. The number of anilines is 2. The van der Waals surface area contributed by atoms with Gasteiger partial charge in [-0.2, -0.15) is 5.26 Å². The minimum Gasteiger partial charge on any atom is -0.394 e. The number of nitriles is 1. The van der Waals surface area contributed by atoms with Gasteiger partial charge in [-0.05, 0) is 37.5 Å². The number of aliphatic hydroxyl groups is 1. The minimum absolute atomic E-state index is 0.0627. The third kappa shape index (κ3) is 3.47. The Bertz CT molecular complexity index is 725. The fourth-order valence-electron chi connectivity index (χ4n) is 3.06. The summed E-state index contributed by atoms with van der Waals surface area (Å²) in [5.41, 5.74) is 1.74. The number of nitrogens with one attached hydrogen (secondary N) is 1. The molecule has 6 nitrogen and oxygen atoms in total. The molecule has 1 fully saturated rings. The molecule has 1 aromatic heterocycles. The van der Waals surface area contributed by atoms with E-state index in [0.717, 1.165) is 36.6 Å². The summed E-state index contributed by atoms with van der Waals surface area (Å²) >= 11 is 0. The van der Waals surface area contributed by atoms with Crippen molar-refractivity contribution in [2.75, 3.05) is 23.4 Å². The van der Waals surface area contributed by atoms with Crippen molar-refractivity contribution < 1.29 is 5.11 Å². The number of aliphatic hydroxyl groups excluding tert-OH is 1. The van der Waals surface area contributed by atoms with E-state index < -0.39 is 0 Å². The summed E-state index contributed by atoms with van der Waals surface area (Å²) in [4.78, 5) is 10.8. The number of hydrogen-bond acceptors (Lipinski definition) is 6. The smallest absolute Gasteiger partial charge is 0.134 e. The number of aromatic nitrogens is 2. The van der Waals surface area contributed by atoms with Crippen LogP contribution in [0.3, 0.4) is 0 Å². The highest BCUT2D eigenvalue weighted by Gasteiger charge is 2.25. The molecule has 1 aromatic carbocycles. The number of rotatable bonds is 5. The zero-order valence-corrected chi connectivity index (χ0v) is 13.7. The van der Waals surface area contributed by atoms with Crippen LogP contribution in [0.25, 0.3) is 0 Å². The van der Waals surface area contributed by atoms with Gasteiger partial charge in [-0.25, -0.2) is 9.97 Å². The van der Waals surface area contributed by atoms with Crippen LogP contribution < -0.4 is 10.2 Å². The molecule has 1 aliphatic heterocycles. The van der Waals surface area contributed by atoms with Crippen molar-refractivity contribution in [2.24, 2.45) is 0 Å². The van der Waals surface area contributed by atoms with Gasteiger partial charge in [0.05, 0.1) is 24.3 Å². The third-order valence-corrected chi connectivity index (χ3v) is 4.44. The largest absolute Gasteiger partial charge is 0.394 e. The van der Waals surface area contributed by atoms with Crippen LogP contribution in [-0.2, 0) is 0 Å². The quantitative estimate of drug-likeness (QED) is 0.879. The van der Waals surface area contributed by atoms with Gasteiger partial charge in [0.15, 0.2) is 0 Å². The summed E-state index contributed by atoms with van der Waals surface area (Å²) in [6, 6.07) is 11.8. The van der Waals surface area contributed by atoms with Crippen molar-refractivity contribution in [3.63, 3.8) is 0 Å². The van der Waals surface area contributed by atoms with E-state index in [4.69, 9.17) is 5.26 Å². The fourth-order valence-corrected chi connectivity index (χ4v) is 3.06. The maximum atomic E-state index is 9.48. The van der Waals surface area contributed by atoms with Gasteiger partial charge in [0.1, 0.15) is 18.0 Å². The molecule has 0 spiro atoms. The monoisotopic (exact) mass is 323 g/mol. The highest BCUT2D eigenvalue weighted by molar-refractivity contribution is 5.51. The van der Waals surface area contributed by atoms with Crippen molar-refractivity contribution in [1.82, 2.24) is 9.97 Å². The van der Waals surface area contributed by atoms with Gasteiger partial charge >= 0.3 is 0 Å². The summed E-state index contributed by atoms with van der Waals surface area (Å²) in [6.45, 7) is 3.11. The first-order valence-electron chi connectivity index (χ1n) is 8.17. The second-order valence-electron chi connectivity index (χ2n) is 6.03. The molecule has 124 valence electrons. The summed E-state index contributed by atoms with van der Waals surface area (Å²) in [5, 5.41) is 21.7. The Balaban J connectivity index is 1.73. The standard InChI is InChI=1S/C18H21N5O/c1-13(15-6-4-14(10-19)5-7-15)22-17-9-18(21-12-20-17)23-8-2-3-16(23)11-24/h4-7,9,12-13,16,24H,2-3,8,11H2,1H3,(H,20,21,22)/t13-,16-/m0/s1. The van der Waals surface area contributed by atoms with E-state index in [0.29, 0.717) is 5.56 Å². The molecule has 0 amide bonds. The SMILES string of the molecule is C[C@H](Nc1cc(N2CCC[C@H]2CO)ncn1)c1ccc(C#N)cc1. The molecule has 0 unspecified atom stereocenters. The van der Waals surface area contributed by atoms with Crippen LogP contribution in [0.4, 0.5) is 11.6 Å². The predicted octanol–water partition coefficient (Wildman–Crippen LogP) is 2.48. The Hall–Kier alpha value is -2.65. The van der Waals surface area contributed by atoms with Crippen molar-refractivity contribution in [1.29, 1.82) is 5.26 Å². The van der Waals surface area contributed by atoms with E-state index in [1.165, 1.54) is 0 Å². The van der Waals surface area contributed by atoms with Crippen LogP contribution in [0, 0.1) is 11.3 Å². The molecule has 2 heterocycles. The van der Waals surface area contributed by atoms with Gasteiger partial charge in [0.2, 0.25) is 0 Å². The molecule has 1 saturated heterocycles. The maximum Gasteiger partial charge on any atom is 0.134 e. The summed E-state index contributed by atoms with van der Waals surface area (Å²) in [7, 11) is 0. The molecule has 1 aliphatic rings. The average Bonchev–Trinajstić information content (AvgIpc) is 3.11. The van der Waals surface area contributed by atoms with Crippen LogP contribution in [0.5, 0.6) is 0 Å². The molecule has 2 N–H and O–H groups in total. The Morgan fingerprint density at radius 2 is 2.17 bits per heavy atom. The first-order chi connectivity index (χ1) is 11.7. The van der Waals surface area contributed by atoms with E-state index in [1.807, 2.05) is 30.3 Å². The van der Waals surface area contributed by atoms with E-state index in [2.05, 4.69) is 33.2 Å². The first kappa shape index (κ1) is 16.2. The van der Waals surface area contributed by atoms with E-state index in [1.54, 1.807) is 6.33 Å². The average molecular weight is 323 g/mol. The molecule has 2 atom stereocenters. The first-order valence-corrected chi connectivity index (χ1v) is 8.17. The number of benzene rings is 1. The molecule has 24 heavy (non-hydrogen) atoms. The lowest BCUT2D eigenvalue weighted by atomic mass is 10.1. The lowest BCUT2D eigenvalue weighted by Gasteiger charge is -2.24. The zero-order valence-electron chi connectivity index (χ0n) is 13.7. The molecule has 6 heteroatoms. The molecule has 2 aromatic rings. The van der Waals surface area contributed by atoms with Crippen molar-refractivity contribution in [2.45, 2.75) is 31.8 Å². The number of nitrogens with zero attached hydrogens (tertiary/aromatic N) is 4. The van der Waals surface area contributed by atoms with Gasteiger partial charge < -0.3 is 15.3 Å². The van der Waals surface area contributed by atoms with Crippen LogP contribution in [0.2, 0.25) is 0 Å². The molecule has 3 rings (SSSR count). The number of hydrogen-bond donors (Lipinski definition) is 2. The van der Waals surface area contributed by atoms with Gasteiger partial charge in [0, 0.05) is 18.7 Å². The summed E-state index contributed by atoms with van der Waals surface area (Å²) in [6.07, 6.45) is 3.61. The molecular weight excluding hydrogens is 302 g/mol. The summed E-state index contributed by atoms with van der Waals surface area (Å²) < 4.78 is 0. The highest BCUT2D eigenvalue weighted by atomic mass is 16.3. The lowest BCUT2D eigenvalue weighted by Crippen LogP contribution is -2.32. The summed E-state index contributed by atoms with van der Waals surface area (Å²) in [5.74, 6) is 1.59. The Kier molecular flexibility index (Phi) is 4.92. The van der Waals surface area contributed by atoms with Crippen molar-refractivity contribution in [3.05, 3.63) is 47.8 Å². The van der Waals surface area contributed by atoms with Crippen LogP contribution in [-0.4, -0.2) is 34.3 Å². The molecular formula is C18H21N5O. The second kappa shape index (κ2) is 7.28. The van der Waals surface area contributed by atoms with E-state index in [9.17, 15) is 5.11 Å². The molecule has 0 aliphatic carbocycles. The van der Waals surface area contributed by atoms with Crippen molar-refractivity contribution >= 4 is 11.6 Å². The minimum atomic E-state index is 0.0627. The van der Waals surface area contributed by atoms with Gasteiger partial charge in [-0.1, -0.05) is 12.1 Å². The van der Waals surface area contributed by atoms with E-state index in [-0.39, 0.29) is 18.7 Å². The molecule has 0 radical (unpaired) electrons. The predicted molar refractivity (Wildman–Crippen MR) is 92.7 cm³/mol. The van der Waals surface area contributed by atoms with Crippen molar-refractivity contribution in [3.8, 4) is 6.07 Å². The Morgan fingerprint density at radius 1 is 1.38 bits per heavy atom. The van der Waals surface area contributed by atoms with Gasteiger partial charge in [0.25, 0.3) is 0 Å². The van der Waals surface area contributed by atoms with Gasteiger partial charge in [-0.15, -0.1) is 0 Å². The fraction of sp³-hybridized carbons (Fsp3) is 0.389. The molecule has 0 bridgehead atoms. The van der Waals surface area contributed by atoms with E-state index >= 15 is 0 Å². The lowest BCUT2D eigenvalue weighted by molar-refractivity contribution is 0.266. The second-order valence-corrected chi connectivity index (χ2v) is 6.03. The van der Waals surface area contributed by atoms with Crippen LogP contribution in [0.1, 0.15) is 36.9 Å². The Morgan fingerprint density at radius 3 is 2.88 bits per heavy atom. The molecule has 0 saturated carbocycles. The van der Waals surface area contributed by atoms with Gasteiger partial charge in [-0.3, -0.25) is 0 Å². The third-order valence-electron chi connectivity index (χ3n) is 4.44. The van der Waals surface area contributed by atoms with Crippen LogP contribution >= 0.6 is 0 Å². The topological polar surface area (TPSA) is 85.1 Å². The maximum absolute atomic E-state index is 9.48.